The molecule has 56 heavy (non-hydrogen) atoms. The van der Waals surface area contributed by atoms with Crippen LogP contribution in [0.4, 0.5) is 34.1 Å². The first-order valence-corrected chi connectivity index (χ1v) is 20.9. The number of hydrogen-bond donors (Lipinski definition) is 0. The molecular formula is C50H46Br2N2O2. The molecule has 4 nitrogen and oxygen atoms in total. The van der Waals surface area contributed by atoms with Crippen molar-refractivity contribution in [2.24, 2.45) is 0 Å². The Hall–Kier alpha value is -4.46. The third-order valence-corrected chi connectivity index (χ3v) is 12.7. The monoisotopic (exact) mass is 864 g/mol. The lowest BCUT2D eigenvalue weighted by molar-refractivity contribution is -0.105. The van der Waals surface area contributed by atoms with Crippen molar-refractivity contribution in [2.45, 2.75) is 77.8 Å². The molecule has 7 aromatic rings. The predicted octanol–water partition coefficient (Wildman–Crippen LogP) is 15.5. The van der Waals surface area contributed by atoms with E-state index in [4.69, 9.17) is 9.47 Å². The number of anilines is 6. The fourth-order valence-electron chi connectivity index (χ4n) is 9.28. The summed E-state index contributed by atoms with van der Waals surface area (Å²) in [5.74, 6) is 0. The lowest BCUT2D eigenvalue weighted by Gasteiger charge is -2.28. The van der Waals surface area contributed by atoms with Crippen LogP contribution in [0.3, 0.4) is 0 Å². The summed E-state index contributed by atoms with van der Waals surface area (Å²) in [4.78, 5) is 4.70. The molecule has 0 N–H and O–H groups in total. The second kappa shape index (κ2) is 13.0. The van der Waals surface area contributed by atoms with Crippen LogP contribution >= 0.6 is 31.9 Å². The fraction of sp³-hybridized carbons (Fsp3) is 0.240. The van der Waals surface area contributed by atoms with Gasteiger partial charge in [0, 0.05) is 43.1 Å². The second-order valence-corrected chi connectivity index (χ2v) is 19.0. The van der Waals surface area contributed by atoms with Gasteiger partial charge in [0.1, 0.15) is 0 Å². The molecule has 0 unspecified atom stereocenters. The van der Waals surface area contributed by atoms with E-state index >= 15 is 0 Å². The van der Waals surface area contributed by atoms with Gasteiger partial charge in [0.15, 0.2) is 0 Å². The van der Waals surface area contributed by atoms with E-state index in [0.29, 0.717) is 0 Å². The van der Waals surface area contributed by atoms with E-state index in [0.717, 1.165) is 43.1 Å². The van der Waals surface area contributed by atoms with Crippen LogP contribution in [0.5, 0.6) is 0 Å². The first kappa shape index (κ1) is 37.1. The SMILES string of the molecule is CC1(C)OC(C)(C)c2cc(N(c3ccc(Br)cc3)c3ccc4c(ccc5cc(N(c6ccc(Br)cc6)c6ccc7c(c6)C(C)(C)OC7(C)C)ccc54)c3)ccc21. The molecule has 0 aromatic heterocycles. The molecule has 0 saturated heterocycles. The van der Waals surface area contributed by atoms with Gasteiger partial charge in [-0.2, -0.15) is 0 Å². The van der Waals surface area contributed by atoms with Gasteiger partial charge in [-0.25, -0.2) is 0 Å². The molecule has 0 spiro atoms. The van der Waals surface area contributed by atoms with E-state index < -0.39 is 11.2 Å². The molecule has 0 atom stereocenters. The van der Waals surface area contributed by atoms with Crippen molar-refractivity contribution in [1.29, 1.82) is 0 Å². The van der Waals surface area contributed by atoms with Crippen molar-refractivity contribution in [3.05, 3.63) is 165 Å². The number of fused-ring (bicyclic) bond motifs is 5. The van der Waals surface area contributed by atoms with Crippen LogP contribution < -0.4 is 9.80 Å². The summed E-state index contributed by atoms with van der Waals surface area (Å²) >= 11 is 7.30. The normalized spacial score (nSPS) is 17.2. The number of halogens is 2. The molecule has 0 bridgehead atoms. The van der Waals surface area contributed by atoms with Crippen molar-refractivity contribution < 1.29 is 9.47 Å². The van der Waals surface area contributed by atoms with Crippen LogP contribution in [0, 0.1) is 0 Å². The summed E-state index contributed by atoms with van der Waals surface area (Å²) in [6.07, 6.45) is 0. The molecule has 6 heteroatoms. The van der Waals surface area contributed by atoms with E-state index in [2.05, 4.69) is 231 Å². The zero-order valence-electron chi connectivity index (χ0n) is 33.2. The molecule has 2 aliphatic rings. The average molecular weight is 867 g/mol. The van der Waals surface area contributed by atoms with Gasteiger partial charge >= 0.3 is 0 Å². The highest BCUT2D eigenvalue weighted by atomic mass is 79.9. The van der Waals surface area contributed by atoms with Crippen LogP contribution in [0.1, 0.15) is 77.6 Å². The Morgan fingerprint density at radius 2 is 0.643 bits per heavy atom. The van der Waals surface area contributed by atoms with Crippen LogP contribution in [-0.4, -0.2) is 0 Å². The number of rotatable bonds is 6. The lowest BCUT2D eigenvalue weighted by Crippen LogP contribution is -2.22. The van der Waals surface area contributed by atoms with Crippen LogP contribution in [-0.2, 0) is 31.9 Å². The van der Waals surface area contributed by atoms with Gasteiger partial charge < -0.3 is 19.3 Å². The molecule has 0 fully saturated rings. The van der Waals surface area contributed by atoms with Gasteiger partial charge in [-0.15, -0.1) is 0 Å². The van der Waals surface area contributed by atoms with Crippen molar-refractivity contribution in [1.82, 2.24) is 0 Å². The molecule has 0 saturated carbocycles. The second-order valence-electron chi connectivity index (χ2n) is 17.2. The smallest absolute Gasteiger partial charge is 0.0891 e. The first-order valence-electron chi connectivity index (χ1n) is 19.3. The van der Waals surface area contributed by atoms with Crippen molar-refractivity contribution in [3.63, 3.8) is 0 Å². The largest absolute Gasteiger partial charge is 0.360 e. The zero-order valence-corrected chi connectivity index (χ0v) is 36.3. The molecule has 2 heterocycles. The number of ether oxygens (including phenoxy) is 2. The van der Waals surface area contributed by atoms with Gasteiger partial charge in [0.05, 0.1) is 22.4 Å². The van der Waals surface area contributed by atoms with Gasteiger partial charge in [-0.05, 0) is 196 Å². The Balaban J connectivity index is 1.14. The van der Waals surface area contributed by atoms with Crippen LogP contribution in [0.2, 0.25) is 0 Å². The summed E-state index contributed by atoms with van der Waals surface area (Å²) in [6.45, 7) is 17.3. The van der Waals surface area contributed by atoms with E-state index in [1.165, 1.54) is 43.8 Å². The Morgan fingerprint density at radius 1 is 0.339 bits per heavy atom. The van der Waals surface area contributed by atoms with Gasteiger partial charge in [-0.3, -0.25) is 0 Å². The van der Waals surface area contributed by atoms with Gasteiger partial charge in [0.25, 0.3) is 0 Å². The van der Waals surface area contributed by atoms with Gasteiger partial charge in [0.2, 0.25) is 0 Å². The molecule has 0 radical (unpaired) electrons. The maximum atomic E-state index is 6.54. The lowest BCUT2D eigenvalue weighted by atomic mass is 9.90. The van der Waals surface area contributed by atoms with Gasteiger partial charge in [-0.1, -0.05) is 68.3 Å². The predicted molar refractivity (Wildman–Crippen MR) is 240 cm³/mol. The Morgan fingerprint density at radius 3 is 1.02 bits per heavy atom. The zero-order chi connectivity index (χ0) is 39.4. The molecule has 9 rings (SSSR count). The van der Waals surface area contributed by atoms with Crippen molar-refractivity contribution in [3.8, 4) is 0 Å². The first-order chi connectivity index (χ1) is 26.5. The van der Waals surface area contributed by atoms with E-state index in [1.807, 2.05) is 0 Å². The molecule has 0 amide bonds. The Kier molecular flexibility index (Phi) is 8.65. The summed E-state index contributed by atoms with van der Waals surface area (Å²) < 4.78 is 15.2. The van der Waals surface area contributed by atoms with Crippen molar-refractivity contribution >= 4 is 87.5 Å². The third-order valence-electron chi connectivity index (χ3n) is 11.6. The fourth-order valence-corrected chi connectivity index (χ4v) is 9.81. The summed E-state index contributed by atoms with van der Waals surface area (Å²) in [5.41, 5.74) is 10.0. The van der Waals surface area contributed by atoms with E-state index in [-0.39, 0.29) is 11.2 Å². The molecule has 7 aromatic carbocycles. The van der Waals surface area contributed by atoms with Crippen LogP contribution in [0.15, 0.2) is 142 Å². The molecular weight excluding hydrogens is 820 g/mol. The summed E-state index contributed by atoms with van der Waals surface area (Å²) in [7, 11) is 0. The minimum Gasteiger partial charge on any atom is -0.360 e. The standard InChI is InChI=1S/C50H46Br2N2O2/c1-47(2)43-25-21-39(29-45(43)49(5,6)55-47)53(35-15-11-33(51)12-16-35)37-19-23-41-31(27-37)9-10-32-28-38(20-24-42(32)41)54(36-17-13-34(52)14-18-36)40-22-26-44-46(30-40)50(7,8)56-48(44,3)4/h9-30H,1-8H3. The number of nitrogens with zero attached hydrogens (tertiary/aromatic N) is 2. The average Bonchev–Trinajstić information content (AvgIpc) is 3.47. The van der Waals surface area contributed by atoms with E-state index in [9.17, 15) is 0 Å². The highest BCUT2D eigenvalue weighted by molar-refractivity contribution is 9.10. The number of hydrogen-bond acceptors (Lipinski definition) is 4. The van der Waals surface area contributed by atoms with Crippen LogP contribution in [0.25, 0.3) is 21.5 Å². The minimum absolute atomic E-state index is 0.344. The molecule has 282 valence electrons. The summed E-state index contributed by atoms with van der Waals surface area (Å²) in [6, 6.07) is 48.9. The molecule has 0 aliphatic carbocycles. The molecule has 2 aliphatic heterocycles. The highest BCUT2D eigenvalue weighted by Crippen LogP contribution is 2.51. The quantitative estimate of drug-likeness (QED) is 0.156. The van der Waals surface area contributed by atoms with Crippen molar-refractivity contribution in [2.75, 3.05) is 9.80 Å². The topological polar surface area (TPSA) is 24.9 Å². The Labute approximate surface area is 347 Å². The maximum Gasteiger partial charge on any atom is 0.0891 e. The number of benzene rings is 7. The summed E-state index contributed by atoms with van der Waals surface area (Å²) in [5, 5.41) is 4.80. The highest BCUT2D eigenvalue weighted by Gasteiger charge is 2.44. The van der Waals surface area contributed by atoms with E-state index in [1.54, 1.807) is 0 Å². The maximum absolute atomic E-state index is 6.54. The minimum atomic E-state index is -0.392. The Bertz CT molecular complexity index is 2490. The third kappa shape index (κ3) is 6.26.